The number of hydroxylamine groups is 1. The first-order chi connectivity index (χ1) is 17.7. The van der Waals surface area contributed by atoms with Gasteiger partial charge in [0.05, 0.1) is 17.7 Å². The molecule has 196 valence electrons. The Balaban J connectivity index is 1.56. The van der Waals surface area contributed by atoms with E-state index in [1.807, 2.05) is 51.1 Å². The Morgan fingerprint density at radius 1 is 1.05 bits per heavy atom. The lowest BCUT2D eigenvalue weighted by Crippen LogP contribution is -2.47. The molecule has 2 aromatic carbocycles. The van der Waals surface area contributed by atoms with Crippen LogP contribution in [0.1, 0.15) is 86.7 Å². The van der Waals surface area contributed by atoms with Crippen LogP contribution in [0.3, 0.4) is 0 Å². The highest BCUT2D eigenvalue weighted by Crippen LogP contribution is 2.51. The van der Waals surface area contributed by atoms with Crippen molar-refractivity contribution in [3.63, 3.8) is 0 Å². The molecule has 2 fully saturated rings. The molecule has 7 nitrogen and oxygen atoms in total. The van der Waals surface area contributed by atoms with Crippen molar-refractivity contribution in [2.75, 3.05) is 0 Å². The fraction of sp³-hybridized carbons (Fsp3) is 0.467. The number of hydrogen-bond donors (Lipinski definition) is 2. The highest BCUT2D eigenvalue weighted by Gasteiger charge is 2.52. The number of nitrogens with two attached hydrogens (primary N) is 1. The van der Waals surface area contributed by atoms with E-state index in [0.717, 1.165) is 49.7 Å². The summed E-state index contributed by atoms with van der Waals surface area (Å²) in [5.41, 5.74) is 10.2. The topological polar surface area (TPSA) is 99.9 Å². The van der Waals surface area contributed by atoms with Crippen LogP contribution >= 0.6 is 0 Å². The maximum Gasteiger partial charge on any atom is 0.310 e. The lowest BCUT2D eigenvalue weighted by atomic mass is 9.65. The number of ether oxygens (including phenoxy) is 2. The molecular weight excluding hydrogens is 468 g/mol. The molecule has 1 amide bonds. The van der Waals surface area contributed by atoms with Crippen molar-refractivity contribution in [1.82, 2.24) is 5.48 Å². The van der Waals surface area contributed by atoms with E-state index in [0.29, 0.717) is 17.0 Å². The molecule has 2 saturated carbocycles. The zero-order valence-corrected chi connectivity index (χ0v) is 21.8. The predicted molar refractivity (Wildman–Crippen MR) is 141 cm³/mol. The van der Waals surface area contributed by atoms with E-state index in [4.69, 9.17) is 20.0 Å². The molecule has 1 unspecified atom stereocenters. The van der Waals surface area contributed by atoms with Gasteiger partial charge in [0.2, 0.25) is 5.91 Å². The van der Waals surface area contributed by atoms with E-state index in [1.165, 1.54) is 0 Å². The van der Waals surface area contributed by atoms with Crippen molar-refractivity contribution < 1.29 is 23.9 Å². The van der Waals surface area contributed by atoms with Crippen LogP contribution in [-0.4, -0.2) is 29.2 Å². The molecule has 1 spiro atoms. The molecule has 3 aliphatic rings. The maximum atomic E-state index is 13.4. The number of carbonyl (C=O) groups is 2. The average Bonchev–Trinajstić information content (AvgIpc) is 3.24. The average molecular weight is 505 g/mol. The van der Waals surface area contributed by atoms with Gasteiger partial charge in [-0.2, -0.15) is 0 Å². The highest BCUT2D eigenvalue weighted by molar-refractivity contribution is 5.94. The second-order valence-corrected chi connectivity index (χ2v) is 11.4. The molecule has 0 radical (unpaired) electrons. The van der Waals surface area contributed by atoms with E-state index in [2.05, 4.69) is 11.6 Å². The maximum absolute atomic E-state index is 13.4. The fourth-order valence-corrected chi connectivity index (χ4v) is 5.59. The smallest absolute Gasteiger partial charge is 0.310 e. The van der Waals surface area contributed by atoms with E-state index in [9.17, 15) is 9.59 Å². The minimum atomic E-state index is -0.771. The Kier molecular flexibility index (Phi) is 6.75. The molecule has 1 aliphatic heterocycles. The third-order valence-electron chi connectivity index (χ3n) is 7.52. The first-order valence-corrected chi connectivity index (χ1v) is 13.2. The zero-order valence-electron chi connectivity index (χ0n) is 21.8. The van der Waals surface area contributed by atoms with Gasteiger partial charge in [0.1, 0.15) is 17.0 Å². The van der Waals surface area contributed by atoms with Gasteiger partial charge >= 0.3 is 5.97 Å². The molecule has 1 heterocycles. The summed E-state index contributed by atoms with van der Waals surface area (Å²) in [6, 6.07) is 15.3. The quantitative estimate of drug-likeness (QED) is 0.521. The van der Waals surface area contributed by atoms with Crippen LogP contribution in [0.5, 0.6) is 5.75 Å². The van der Waals surface area contributed by atoms with Gasteiger partial charge in [-0.05, 0) is 89.1 Å². The van der Waals surface area contributed by atoms with Gasteiger partial charge in [-0.1, -0.05) is 30.3 Å². The Hall–Kier alpha value is -3.32. The lowest BCUT2D eigenvalue weighted by Gasteiger charge is -2.43. The third kappa shape index (κ3) is 5.23. The molecule has 0 bridgehead atoms. The molecule has 0 saturated heterocycles. The van der Waals surface area contributed by atoms with E-state index >= 15 is 0 Å². The standard InChI is InChI=1S/C30H36N2O5/c1-29(2,3)36-28(34)22-13-8-16-30(26(22)19-9-5-4-6-10-19)18-24(32-37-30)23-17-20(27(31)33)14-15-25(23)35-21-11-7-12-21/h4-6,9-10,14-15,17-18,21-22,26,32H,7-8,11-13,16H2,1-3H3,(H2,31,33)/t22?,26-,30+/m1/s1. The number of amides is 1. The predicted octanol–water partition coefficient (Wildman–Crippen LogP) is 5.26. The van der Waals surface area contributed by atoms with Gasteiger partial charge in [-0.15, -0.1) is 0 Å². The largest absolute Gasteiger partial charge is 0.490 e. The molecule has 0 aromatic heterocycles. The highest BCUT2D eigenvalue weighted by atomic mass is 16.7. The number of primary amides is 1. The van der Waals surface area contributed by atoms with Crippen molar-refractivity contribution in [2.24, 2.45) is 11.7 Å². The van der Waals surface area contributed by atoms with Crippen LogP contribution in [0.25, 0.3) is 5.70 Å². The Bertz CT molecular complexity index is 1200. The van der Waals surface area contributed by atoms with Gasteiger partial charge in [0.15, 0.2) is 0 Å². The minimum absolute atomic E-state index is 0.165. The number of nitrogens with one attached hydrogen (secondary N) is 1. The lowest BCUT2D eigenvalue weighted by molar-refractivity contribution is -0.168. The van der Waals surface area contributed by atoms with Crippen molar-refractivity contribution in [2.45, 2.75) is 82.5 Å². The summed E-state index contributed by atoms with van der Waals surface area (Å²) in [4.78, 5) is 31.8. The van der Waals surface area contributed by atoms with Crippen LogP contribution in [0.15, 0.2) is 54.6 Å². The summed E-state index contributed by atoms with van der Waals surface area (Å²) in [6.07, 6.45) is 7.66. The Morgan fingerprint density at radius 3 is 2.46 bits per heavy atom. The monoisotopic (exact) mass is 504 g/mol. The van der Waals surface area contributed by atoms with Crippen molar-refractivity contribution in [3.8, 4) is 5.75 Å². The van der Waals surface area contributed by atoms with Gasteiger partial charge in [0, 0.05) is 17.0 Å². The molecule has 37 heavy (non-hydrogen) atoms. The second kappa shape index (κ2) is 9.86. The summed E-state index contributed by atoms with van der Waals surface area (Å²) in [5.74, 6) is -0.649. The van der Waals surface area contributed by atoms with E-state index < -0.39 is 17.1 Å². The first-order valence-electron chi connectivity index (χ1n) is 13.2. The second-order valence-electron chi connectivity index (χ2n) is 11.4. The van der Waals surface area contributed by atoms with Gasteiger partial charge < -0.3 is 15.2 Å². The first kappa shape index (κ1) is 25.3. The summed E-state index contributed by atoms with van der Waals surface area (Å²) in [5, 5.41) is 0. The number of esters is 1. The Morgan fingerprint density at radius 2 is 1.81 bits per heavy atom. The SMILES string of the molecule is CC(C)(C)OC(=O)C1CCC[C@]2(C=C(c3cc(C(N)=O)ccc3OC3CCC3)NO2)[C@@H]1c1ccccc1. The molecule has 3 atom stereocenters. The Labute approximate surface area is 218 Å². The summed E-state index contributed by atoms with van der Waals surface area (Å²) < 4.78 is 12.1. The van der Waals surface area contributed by atoms with Gasteiger partial charge in [-0.3, -0.25) is 19.9 Å². The molecule has 7 heteroatoms. The number of hydrogen-bond acceptors (Lipinski definition) is 6. The van der Waals surface area contributed by atoms with Crippen LogP contribution in [0, 0.1) is 5.92 Å². The zero-order chi connectivity index (χ0) is 26.2. The van der Waals surface area contributed by atoms with Gasteiger partial charge in [0.25, 0.3) is 0 Å². The normalized spacial score (nSPS) is 25.6. The van der Waals surface area contributed by atoms with Crippen LogP contribution in [0.4, 0.5) is 0 Å². The van der Waals surface area contributed by atoms with Crippen LogP contribution in [-0.2, 0) is 14.4 Å². The summed E-state index contributed by atoms with van der Waals surface area (Å²) in [7, 11) is 0. The molecule has 2 aromatic rings. The molecular formula is C30H36N2O5. The number of rotatable bonds is 6. The molecule has 3 N–H and O–H groups in total. The third-order valence-corrected chi connectivity index (χ3v) is 7.52. The van der Waals surface area contributed by atoms with Crippen LogP contribution in [0.2, 0.25) is 0 Å². The van der Waals surface area contributed by atoms with E-state index in [-0.39, 0.29) is 23.9 Å². The molecule has 5 rings (SSSR count). The van der Waals surface area contributed by atoms with Gasteiger partial charge in [-0.25, -0.2) is 0 Å². The van der Waals surface area contributed by atoms with Crippen molar-refractivity contribution >= 4 is 17.6 Å². The molecule has 2 aliphatic carbocycles. The summed E-state index contributed by atoms with van der Waals surface area (Å²) >= 11 is 0. The van der Waals surface area contributed by atoms with Crippen molar-refractivity contribution in [1.29, 1.82) is 0 Å². The minimum Gasteiger partial charge on any atom is -0.490 e. The van der Waals surface area contributed by atoms with Crippen molar-refractivity contribution in [3.05, 3.63) is 71.3 Å². The number of benzene rings is 2. The van der Waals surface area contributed by atoms with E-state index in [1.54, 1.807) is 18.2 Å². The summed E-state index contributed by atoms with van der Waals surface area (Å²) in [6.45, 7) is 5.67. The fourth-order valence-electron chi connectivity index (χ4n) is 5.59. The van der Waals surface area contributed by atoms with Crippen LogP contribution < -0.4 is 16.0 Å². The number of carbonyl (C=O) groups excluding carboxylic acids is 2.